The number of benzene rings is 1. The van der Waals surface area contributed by atoms with Crippen molar-refractivity contribution < 1.29 is 4.79 Å². The fourth-order valence-electron chi connectivity index (χ4n) is 5.05. The summed E-state index contributed by atoms with van der Waals surface area (Å²) in [6.07, 6.45) is 8.42. The first-order valence-corrected chi connectivity index (χ1v) is 13.0. The van der Waals surface area contributed by atoms with Crippen molar-refractivity contribution in [2.45, 2.75) is 42.9 Å². The standard InChI is InChI=1S/C25H23ClN6O2S/c26-17-6-3-7-18(11-17)32-23-20(14-28-32)24(34)31-19(15-35-25(31)29-23)12-22(33)30-10-2-1-8-21(30)16-5-4-9-27-13-16/h3-7,9,11,13-14,19,21H,1-2,8,10,12,15H2. The highest BCUT2D eigenvalue weighted by Crippen LogP contribution is 2.36. The van der Waals surface area contributed by atoms with Gasteiger partial charge in [-0.05, 0) is 49.1 Å². The Morgan fingerprint density at radius 1 is 1.17 bits per heavy atom. The van der Waals surface area contributed by atoms with Gasteiger partial charge in [-0.1, -0.05) is 35.5 Å². The lowest BCUT2D eigenvalue weighted by Gasteiger charge is -2.36. The number of carbonyl (C=O) groups excluding carboxylic acids is 1. The molecule has 1 amide bonds. The van der Waals surface area contributed by atoms with Gasteiger partial charge in [0, 0.05) is 36.1 Å². The number of amides is 1. The summed E-state index contributed by atoms with van der Waals surface area (Å²) in [7, 11) is 0. The molecule has 2 aliphatic rings. The second-order valence-corrected chi connectivity index (χ2v) is 10.3. The highest BCUT2D eigenvalue weighted by atomic mass is 35.5. The summed E-state index contributed by atoms with van der Waals surface area (Å²) in [6, 6.07) is 11.0. The third-order valence-electron chi connectivity index (χ3n) is 6.73. The molecule has 178 valence electrons. The normalized spacial score (nSPS) is 19.7. The zero-order chi connectivity index (χ0) is 23.9. The van der Waals surface area contributed by atoms with E-state index in [1.807, 2.05) is 35.4 Å². The molecule has 0 bridgehead atoms. The van der Waals surface area contributed by atoms with Crippen LogP contribution in [0.5, 0.6) is 0 Å². The van der Waals surface area contributed by atoms with Gasteiger partial charge in [0.05, 0.1) is 24.0 Å². The van der Waals surface area contributed by atoms with Crippen molar-refractivity contribution in [3.8, 4) is 5.69 Å². The van der Waals surface area contributed by atoms with Crippen molar-refractivity contribution in [1.82, 2.24) is 29.2 Å². The Morgan fingerprint density at radius 3 is 2.91 bits per heavy atom. The summed E-state index contributed by atoms with van der Waals surface area (Å²) >= 11 is 7.65. The van der Waals surface area contributed by atoms with Gasteiger partial charge < -0.3 is 4.90 Å². The van der Waals surface area contributed by atoms with Crippen LogP contribution in [-0.2, 0) is 4.79 Å². The lowest BCUT2D eigenvalue weighted by atomic mass is 9.95. The summed E-state index contributed by atoms with van der Waals surface area (Å²) in [5, 5.41) is 6.03. The first kappa shape index (κ1) is 22.3. The van der Waals surface area contributed by atoms with E-state index in [2.05, 4.69) is 10.1 Å². The first-order valence-electron chi connectivity index (χ1n) is 11.7. The molecule has 35 heavy (non-hydrogen) atoms. The molecule has 6 rings (SSSR count). The van der Waals surface area contributed by atoms with E-state index < -0.39 is 0 Å². The number of rotatable bonds is 4. The van der Waals surface area contributed by atoms with Crippen molar-refractivity contribution in [2.24, 2.45) is 0 Å². The maximum Gasteiger partial charge on any atom is 0.265 e. The van der Waals surface area contributed by atoms with E-state index in [4.69, 9.17) is 16.6 Å². The van der Waals surface area contributed by atoms with Gasteiger partial charge in [-0.15, -0.1) is 0 Å². The zero-order valence-corrected chi connectivity index (χ0v) is 20.5. The van der Waals surface area contributed by atoms with Crippen LogP contribution in [0, 0.1) is 0 Å². The molecule has 0 saturated carbocycles. The van der Waals surface area contributed by atoms with Gasteiger partial charge in [0.2, 0.25) is 5.91 Å². The van der Waals surface area contributed by atoms with Gasteiger partial charge in [-0.3, -0.25) is 19.1 Å². The van der Waals surface area contributed by atoms with Gasteiger partial charge >= 0.3 is 0 Å². The topological polar surface area (TPSA) is 85.9 Å². The highest BCUT2D eigenvalue weighted by Gasteiger charge is 2.34. The van der Waals surface area contributed by atoms with Gasteiger partial charge in [-0.2, -0.15) is 5.10 Å². The number of carbonyl (C=O) groups is 1. The van der Waals surface area contributed by atoms with Crippen LogP contribution in [0.15, 0.2) is 64.9 Å². The Hall–Kier alpha value is -3.17. The molecule has 5 heterocycles. The van der Waals surface area contributed by atoms with E-state index in [0.29, 0.717) is 27.0 Å². The molecule has 4 aromatic rings. The SMILES string of the molecule is O=C(CC1CSc2nc3c(cnn3-c3cccc(Cl)c3)c(=O)n21)N1CCCCC1c1cccnc1. The Bertz CT molecular complexity index is 1470. The second-order valence-electron chi connectivity index (χ2n) is 8.90. The highest BCUT2D eigenvalue weighted by molar-refractivity contribution is 7.99. The molecular weight excluding hydrogens is 484 g/mol. The predicted molar refractivity (Wildman–Crippen MR) is 135 cm³/mol. The Balaban J connectivity index is 1.30. The molecule has 3 aromatic heterocycles. The van der Waals surface area contributed by atoms with E-state index in [1.54, 1.807) is 33.8 Å². The number of hydrogen-bond acceptors (Lipinski definition) is 6. The number of piperidine rings is 1. The number of thioether (sulfide) groups is 1. The average molecular weight is 507 g/mol. The van der Waals surface area contributed by atoms with Gasteiger partial charge in [0.15, 0.2) is 10.8 Å². The van der Waals surface area contributed by atoms with E-state index in [-0.39, 0.29) is 30.0 Å². The molecule has 0 radical (unpaired) electrons. The quantitative estimate of drug-likeness (QED) is 0.381. The molecule has 1 fully saturated rings. The van der Waals surface area contributed by atoms with Crippen LogP contribution in [0.1, 0.15) is 43.3 Å². The second kappa shape index (κ2) is 9.13. The molecule has 2 aliphatic heterocycles. The lowest BCUT2D eigenvalue weighted by molar-refractivity contribution is -0.135. The van der Waals surface area contributed by atoms with Crippen LogP contribution in [-0.4, -0.2) is 47.4 Å². The molecule has 0 spiro atoms. The van der Waals surface area contributed by atoms with E-state index in [9.17, 15) is 9.59 Å². The third-order valence-corrected chi connectivity index (χ3v) is 8.06. The van der Waals surface area contributed by atoms with Crippen LogP contribution in [0.25, 0.3) is 16.7 Å². The number of pyridine rings is 1. The van der Waals surface area contributed by atoms with Crippen molar-refractivity contribution in [2.75, 3.05) is 12.3 Å². The molecule has 1 aromatic carbocycles. The molecule has 0 N–H and O–H groups in total. The van der Waals surface area contributed by atoms with Crippen LogP contribution < -0.4 is 5.56 Å². The first-order chi connectivity index (χ1) is 17.1. The Kier molecular flexibility index (Phi) is 5.82. The van der Waals surface area contributed by atoms with E-state index in [0.717, 1.165) is 37.1 Å². The third kappa shape index (κ3) is 4.02. The number of hydrogen-bond donors (Lipinski definition) is 0. The maximum absolute atomic E-state index is 13.5. The van der Waals surface area contributed by atoms with Gasteiger partial charge in [-0.25, -0.2) is 9.67 Å². The van der Waals surface area contributed by atoms with E-state index in [1.165, 1.54) is 11.8 Å². The predicted octanol–water partition coefficient (Wildman–Crippen LogP) is 4.42. The van der Waals surface area contributed by atoms with Crippen LogP contribution >= 0.6 is 23.4 Å². The molecule has 1 saturated heterocycles. The minimum Gasteiger partial charge on any atom is -0.336 e. The fourth-order valence-corrected chi connectivity index (χ4v) is 6.36. The number of nitrogens with zero attached hydrogens (tertiary/aromatic N) is 6. The smallest absolute Gasteiger partial charge is 0.265 e. The minimum absolute atomic E-state index is 0.0340. The summed E-state index contributed by atoms with van der Waals surface area (Å²) in [6.45, 7) is 0.726. The number of halogens is 1. The summed E-state index contributed by atoms with van der Waals surface area (Å²) in [4.78, 5) is 37.9. The van der Waals surface area contributed by atoms with Crippen molar-refractivity contribution in [1.29, 1.82) is 0 Å². The Morgan fingerprint density at radius 2 is 2.09 bits per heavy atom. The lowest BCUT2D eigenvalue weighted by Crippen LogP contribution is -2.40. The average Bonchev–Trinajstić information content (AvgIpc) is 3.49. The van der Waals surface area contributed by atoms with Crippen LogP contribution in [0.2, 0.25) is 5.02 Å². The van der Waals surface area contributed by atoms with Crippen molar-refractivity contribution in [3.05, 3.63) is 75.9 Å². The van der Waals surface area contributed by atoms with Crippen LogP contribution in [0.4, 0.5) is 0 Å². The molecule has 2 atom stereocenters. The zero-order valence-electron chi connectivity index (χ0n) is 18.9. The minimum atomic E-state index is -0.238. The molecule has 10 heteroatoms. The van der Waals surface area contributed by atoms with Gasteiger partial charge in [0.1, 0.15) is 5.39 Å². The van der Waals surface area contributed by atoms with Crippen molar-refractivity contribution in [3.63, 3.8) is 0 Å². The maximum atomic E-state index is 13.5. The molecule has 2 unspecified atom stereocenters. The molecular formula is C25H23ClN6O2S. The van der Waals surface area contributed by atoms with Crippen molar-refractivity contribution >= 4 is 40.3 Å². The largest absolute Gasteiger partial charge is 0.336 e. The van der Waals surface area contributed by atoms with Crippen LogP contribution in [0.3, 0.4) is 0 Å². The summed E-state index contributed by atoms with van der Waals surface area (Å²) < 4.78 is 3.31. The molecule has 0 aliphatic carbocycles. The summed E-state index contributed by atoms with van der Waals surface area (Å²) in [5.41, 5.74) is 2.14. The number of aromatic nitrogens is 5. The number of likely N-dealkylation sites (tertiary alicyclic amines) is 1. The monoisotopic (exact) mass is 506 g/mol. The van der Waals surface area contributed by atoms with Gasteiger partial charge in [0.25, 0.3) is 5.56 Å². The Labute approximate surface area is 210 Å². The molecule has 8 nitrogen and oxygen atoms in total. The fraction of sp³-hybridized carbons (Fsp3) is 0.320. The van der Waals surface area contributed by atoms with E-state index >= 15 is 0 Å². The number of fused-ring (bicyclic) bond motifs is 2. The summed E-state index contributed by atoms with van der Waals surface area (Å²) in [5.74, 6) is 0.704.